The third kappa shape index (κ3) is 3.85. The molecule has 0 amide bonds. The van der Waals surface area contributed by atoms with Crippen molar-refractivity contribution in [1.82, 2.24) is 9.78 Å². The van der Waals surface area contributed by atoms with Crippen LogP contribution in [-0.2, 0) is 7.05 Å². The number of aromatic nitrogens is 2. The first-order valence-corrected chi connectivity index (χ1v) is 6.07. The Morgan fingerprint density at radius 2 is 2.40 bits per heavy atom. The summed E-state index contributed by atoms with van der Waals surface area (Å²) in [5.74, 6) is 0. The summed E-state index contributed by atoms with van der Waals surface area (Å²) in [5.41, 5.74) is 5.99. The van der Waals surface area contributed by atoms with E-state index < -0.39 is 0 Å². The van der Waals surface area contributed by atoms with Crippen LogP contribution in [0.3, 0.4) is 0 Å². The predicted molar refractivity (Wildman–Crippen MR) is 62.8 cm³/mol. The van der Waals surface area contributed by atoms with E-state index in [0.717, 1.165) is 17.7 Å². The second kappa shape index (κ2) is 6.15. The highest BCUT2D eigenvalue weighted by molar-refractivity contribution is 8.00. The molecule has 1 heterocycles. The molecule has 4 nitrogen and oxygen atoms in total. The molecule has 1 rings (SSSR count). The molecule has 3 N–H and O–H groups in total. The first-order valence-electron chi connectivity index (χ1n) is 5.19. The maximum Gasteiger partial charge on any atom is 0.0625 e. The second-order valence-corrected chi connectivity index (χ2v) is 4.95. The van der Waals surface area contributed by atoms with Crippen LogP contribution < -0.4 is 5.73 Å². The van der Waals surface area contributed by atoms with Gasteiger partial charge in [0.05, 0.1) is 12.8 Å². The maximum absolute atomic E-state index is 9.26. The molecule has 0 aliphatic heterocycles. The summed E-state index contributed by atoms with van der Waals surface area (Å²) in [6, 6.07) is 0.0465. The fraction of sp³-hybridized carbons (Fsp3) is 0.700. The Labute approximate surface area is 94.9 Å². The lowest BCUT2D eigenvalue weighted by Crippen LogP contribution is -2.34. The molecule has 0 bridgehead atoms. The Morgan fingerprint density at radius 3 is 2.87 bits per heavy atom. The summed E-state index contributed by atoms with van der Waals surface area (Å²) >= 11 is 1.60. The van der Waals surface area contributed by atoms with Gasteiger partial charge >= 0.3 is 0 Å². The standard InChI is InChI=1S/C10H19N3OS/c1-3-4-9(11)10(7-14)15-8-5-12-13(2)6-8/h5-6,9-10,14H,3-4,7,11H2,1-2H3. The zero-order chi connectivity index (χ0) is 11.3. The van der Waals surface area contributed by atoms with Crippen molar-refractivity contribution in [3.63, 3.8) is 0 Å². The molecule has 0 aliphatic carbocycles. The van der Waals surface area contributed by atoms with Gasteiger partial charge in [-0.25, -0.2) is 0 Å². The molecule has 2 atom stereocenters. The van der Waals surface area contributed by atoms with E-state index in [4.69, 9.17) is 5.73 Å². The van der Waals surface area contributed by atoms with E-state index in [9.17, 15) is 5.11 Å². The van der Waals surface area contributed by atoms with E-state index in [0.29, 0.717) is 0 Å². The summed E-state index contributed by atoms with van der Waals surface area (Å²) < 4.78 is 1.75. The van der Waals surface area contributed by atoms with E-state index in [2.05, 4.69) is 12.0 Å². The first kappa shape index (κ1) is 12.5. The molecule has 1 aromatic heterocycles. The van der Waals surface area contributed by atoms with Crippen LogP contribution in [-0.4, -0.2) is 32.8 Å². The molecule has 0 saturated heterocycles. The molecule has 0 aromatic carbocycles. The molecule has 0 spiro atoms. The van der Waals surface area contributed by atoms with Gasteiger partial charge < -0.3 is 10.8 Å². The second-order valence-electron chi connectivity index (χ2n) is 3.64. The van der Waals surface area contributed by atoms with E-state index in [1.54, 1.807) is 22.6 Å². The van der Waals surface area contributed by atoms with Crippen molar-refractivity contribution in [3.8, 4) is 0 Å². The number of nitrogens with two attached hydrogens (primary N) is 1. The number of aryl methyl sites for hydroxylation is 1. The molecule has 2 unspecified atom stereocenters. The minimum absolute atomic E-state index is 0.0465. The lowest BCUT2D eigenvalue weighted by atomic mass is 10.1. The molecule has 0 aliphatic rings. The average molecular weight is 229 g/mol. The molecule has 1 aromatic rings. The monoisotopic (exact) mass is 229 g/mol. The molecular weight excluding hydrogens is 210 g/mol. The van der Waals surface area contributed by atoms with E-state index >= 15 is 0 Å². The highest BCUT2D eigenvalue weighted by Crippen LogP contribution is 2.25. The normalized spacial score (nSPS) is 15.2. The van der Waals surface area contributed by atoms with Gasteiger partial charge in [-0.1, -0.05) is 13.3 Å². The molecule has 5 heteroatoms. The highest BCUT2D eigenvalue weighted by Gasteiger charge is 2.18. The van der Waals surface area contributed by atoms with Gasteiger partial charge in [0, 0.05) is 29.4 Å². The maximum atomic E-state index is 9.26. The van der Waals surface area contributed by atoms with Crippen molar-refractivity contribution >= 4 is 11.8 Å². The molecule has 0 saturated carbocycles. The van der Waals surface area contributed by atoms with Gasteiger partial charge in [0.25, 0.3) is 0 Å². The molecule has 0 radical (unpaired) electrons. The SMILES string of the molecule is CCCC(N)C(CO)Sc1cnn(C)c1. The van der Waals surface area contributed by atoms with Gasteiger partial charge in [0.15, 0.2) is 0 Å². The number of aliphatic hydroxyl groups excluding tert-OH is 1. The summed E-state index contributed by atoms with van der Waals surface area (Å²) in [6.07, 6.45) is 5.72. The van der Waals surface area contributed by atoms with Crippen LogP contribution in [0.5, 0.6) is 0 Å². The van der Waals surface area contributed by atoms with Crippen LogP contribution in [0.15, 0.2) is 17.3 Å². The smallest absolute Gasteiger partial charge is 0.0625 e. The summed E-state index contributed by atoms with van der Waals surface area (Å²) in [6.45, 7) is 2.21. The fourth-order valence-corrected chi connectivity index (χ4v) is 2.47. The highest BCUT2D eigenvalue weighted by atomic mass is 32.2. The van der Waals surface area contributed by atoms with E-state index in [1.807, 2.05) is 13.2 Å². The van der Waals surface area contributed by atoms with Crippen molar-refractivity contribution in [1.29, 1.82) is 0 Å². The van der Waals surface area contributed by atoms with Crippen molar-refractivity contribution in [2.75, 3.05) is 6.61 Å². The molecule has 15 heavy (non-hydrogen) atoms. The Hall–Kier alpha value is -0.520. The van der Waals surface area contributed by atoms with Crippen LogP contribution in [0.25, 0.3) is 0 Å². The Morgan fingerprint density at radius 1 is 1.67 bits per heavy atom. The Bertz CT molecular complexity index is 290. The molecular formula is C10H19N3OS. The van der Waals surface area contributed by atoms with E-state index in [-0.39, 0.29) is 17.9 Å². The lowest BCUT2D eigenvalue weighted by molar-refractivity contribution is 0.279. The number of hydrogen-bond acceptors (Lipinski definition) is 4. The zero-order valence-corrected chi connectivity index (χ0v) is 10.1. The van der Waals surface area contributed by atoms with Gasteiger partial charge in [-0.3, -0.25) is 4.68 Å². The van der Waals surface area contributed by atoms with Gasteiger partial charge in [0.2, 0.25) is 0 Å². The molecule has 0 fully saturated rings. The van der Waals surface area contributed by atoms with Crippen LogP contribution in [0.2, 0.25) is 0 Å². The number of thioether (sulfide) groups is 1. The topological polar surface area (TPSA) is 64.1 Å². The van der Waals surface area contributed by atoms with Crippen molar-refractivity contribution in [2.24, 2.45) is 12.8 Å². The summed E-state index contributed by atoms with van der Waals surface area (Å²) in [4.78, 5) is 1.06. The van der Waals surface area contributed by atoms with Gasteiger partial charge in [0.1, 0.15) is 0 Å². The van der Waals surface area contributed by atoms with Crippen LogP contribution in [0.1, 0.15) is 19.8 Å². The zero-order valence-electron chi connectivity index (χ0n) is 9.26. The Kier molecular flexibility index (Phi) is 5.14. The van der Waals surface area contributed by atoms with Crippen LogP contribution >= 0.6 is 11.8 Å². The van der Waals surface area contributed by atoms with Gasteiger partial charge in [-0.2, -0.15) is 5.10 Å². The number of nitrogens with zero attached hydrogens (tertiary/aromatic N) is 2. The minimum Gasteiger partial charge on any atom is -0.395 e. The third-order valence-electron chi connectivity index (χ3n) is 2.25. The third-order valence-corrected chi connectivity index (χ3v) is 3.53. The van der Waals surface area contributed by atoms with Gasteiger partial charge in [-0.15, -0.1) is 11.8 Å². The Balaban J connectivity index is 2.53. The first-order chi connectivity index (χ1) is 7.17. The number of aliphatic hydroxyl groups is 1. The largest absolute Gasteiger partial charge is 0.395 e. The van der Waals surface area contributed by atoms with E-state index in [1.165, 1.54) is 0 Å². The van der Waals surface area contributed by atoms with Crippen molar-refractivity contribution in [2.45, 2.75) is 36.0 Å². The predicted octanol–water partition coefficient (Wildman–Crippen LogP) is 1.00. The van der Waals surface area contributed by atoms with Crippen molar-refractivity contribution in [3.05, 3.63) is 12.4 Å². The average Bonchev–Trinajstić information content (AvgIpc) is 2.61. The lowest BCUT2D eigenvalue weighted by Gasteiger charge is -2.20. The molecule has 86 valence electrons. The number of hydrogen-bond donors (Lipinski definition) is 2. The number of rotatable bonds is 6. The summed E-state index contributed by atoms with van der Waals surface area (Å²) in [7, 11) is 1.88. The summed E-state index contributed by atoms with van der Waals surface area (Å²) in [5, 5.41) is 13.4. The minimum atomic E-state index is 0.0465. The van der Waals surface area contributed by atoms with Gasteiger partial charge in [-0.05, 0) is 6.42 Å². The van der Waals surface area contributed by atoms with Crippen molar-refractivity contribution < 1.29 is 5.11 Å². The fourth-order valence-electron chi connectivity index (χ4n) is 1.41. The van der Waals surface area contributed by atoms with Crippen LogP contribution in [0, 0.1) is 0 Å². The van der Waals surface area contributed by atoms with Crippen LogP contribution in [0.4, 0.5) is 0 Å². The quantitative estimate of drug-likeness (QED) is 0.714.